The quantitative estimate of drug-likeness (QED) is 0.724. The molecule has 12 heavy (non-hydrogen) atoms. The number of hydrogen-bond donors (Lipinski definition) is 1. The SMILES string of the molecule is Cc1c[nH]c2c(Cl)c(Br)ccc12. The van der Waals surface area contributed by atoms with Crippen LogP contribution < -0.4 is 0 Å². The average molecular weight is 245 g/mol. The van der Waals surface area contributed by atoms with E-state index in [-0.39, 0.29) is 0 Å². The Bertz CT molecular complexity index is 433. The van der Waals surface area contributed by atoms with Gasteiger partial charge < -0.3 is 4.98 Å². The third-order valence-electron chi connectivity index (χ3n) is 1.95. The van der Waals surface area contributed by atoms with Crippen LogP contribution in [0.25, 0.3) is 10.9 Å². The van der Waals surface area contributed by atoms with Crippen molar-refractivity contribution in [2.45, 2.75) is 6.92 Å². The van der Waals surface area contributed by atoms with E-state index < -0.39 is 0 Å². The van der Waals surface area contributed by atoms with Gasteiger partial charge in [0.15, 0.2) is 0 Å². The second-order valence-electron chi connectivity index (χ2n) is 2.76. The lowest BCUT2D eigenvalue weighted by Crippen LogP contribution is -1.73. The molecule has 0 saturated heterocycles. The maximum absolute atomic E-state index is 6.06. The summed E-state index contributed by atoms with van der Waals surface area (Å²) in [6, 6.07) is 4.02. The predicted molar refractivity (Wildman–Crippen MR) is 55.7 cm³/mol. The van der Waals surface area contributed by atoms with Gasteiger partial charge in [-0.05, 0) is 34.5 Å². The highest BCUT2D eigenvalue weighted by Gasteiger charge is 2.05. The Morgan fingerprint density at radius 2 is 2.17 bits per heavy atom. The first-order valence-electron chi connectivity index (χ1n) is 3.62. The van der Waals surface area contributed by atoms with Crippen LogP contribution in [0.3, 0.4) is 0 Å². The predicted octanol–water partition coefficient (Wildman–Crippen LogP) is 3.89. The number of hydrogen-bond acceptors (Lipinski definition) is 0. The van der Waals surface area contributed by atoms with Crippen LogP contribution in [-0.4, -0.2) is 4.98 Å². The summed E-state index contributed by atoms with van der Waals surface area (Å²) < 4.78 is 0.929. The Kier molecular flexibility index (Phi) is 1.89. The fourth-order valence-corrected chi connectivity index (χ4v) is 1.83. The Hall–Kier alpha value is -0.470. The fourth-order valence-electron chi connectivity index (χ4n) is 1.28. The Morgan fingerprint density at radius 1 is 1.42 bits per heavy atom. The molecule has 0 saturated carbocycles. The summed E-state index contributed by atoms with van der Waals surface area (Å²) in [5.74, 6) is 0. The number of aryl methyl sites for hydroxylation is 1. The topological polar surface area (TPSA) is 15.8 Å². The molecule has 0 spiro atoms. The van der Waals surface area contributed by atoms with Gasteiger partial charge in [-0.15, -0.1) is 0 Å². The van der Waals surface area contributed by atoms with Gasteiger partial charge in [-0.25, -0.2) is 0 Å². The van der Waals surface area contributed by atoms with E-state index in [0.29, 0.717) is 0 Å². The van der Waals surface area contributed by atoms with Crippen molar-refractivity contribution < 1.29 is 0 Å². The molecule has 1 aromatic carbocycles. The molecule has 0 atom stereocenters. The summed E-state index contributed by atoms with van der Waals surface area (Å²) in [6.45, 7) is 2.06. The number of fused-ring (bicyclic) bond motifs is 1. The smallest absolute Gasteiger partial charge is 0.0789 e. The minimum absolute atomic E-state index is 0.751. The number of aromatic nitrogens is 1. The van der Waals surface area contributed by atoms with Crippen molar-refractivity contribution in [2.24, 2.45) is 0 Å². The zero-order valence-corrected chi connectivity index (χ0v) is 8.83. The van der Waals surface area contributed by atoms with E-state index >= 15 is 0 Å². The summed E-state index contributed by atoms with van der Waals surface area (Å²) in [6.07, 6.45) is 1.96. The van der Waals surface area contributed by atoms with Gasteiger partial charge in [-0.1, -0.05) is 17.7 Å². The van der Waals surface area contributed by atoms with Gasteiger partial charge in [0.25, 0.3) is 0 Å². The van der Waals surface area contributed by atoms with E-state index in [1.165, 1.54) is 10.9 Å². The van der Waals surface area contributed by atoms with Crippen LogP contribution in [0, 0.1) is 6.92 Å². The molecule has 0 aliphatic heterocycles. The molecule has 3 heteroatoms. The van der Waals surface area contributed by atoms with Crippen molar-refractivity contribution >= 4 is 38.4 Å². The molecule has 0 fully saturated rings. The molecule has 1 N–H and O–H groups in total. The number of aromatic amines is 1. The van der Waals surface area contributed by atoms with Crippen LogP contribution in [0.5, 0.6) is 0 Å². The zero-order chi connectivity index (χ0) is 8.72. The molecule has 2 rings (SSSR count). The molecule has 1 nitrogen and oxygen atoms in total. The van der Waals surface area contributed by atoms with Gasteiger partial charge in [-0.3, -0.25) is 0 Å². The highest BCUT2D eigenvalue weighted by molar-refractivity contribution is 9.10. The lowest BCUT2D eigenvalue weighted by molar-refractivity contribution is 1.42. The molecule has 0 radical (unpaired) electrons. The first-order chi connectivity index (χ1) is 5.70. The molecule has 0 bridgehead atoms. The molecule has 62 valence electrons. The van der Waals surface area contributed by atoms with Crippen molar-refractivity contribution in [3.63, 3.8) is 0 Å². The van der Waals surface area contributed by atoms with Crippen LogP contribution in [-0.2, 0) is 0 Å². The van der Waals surface area contributed by atoms with Crippen molar-refractivity contribution in [3.8, 4) is 0 Å². The zero-order valence-electron chi connectivity index (χ0n) is 6.49. The standard InChI is InChI=1S/C9H7BrClN/c1-5-4-12-9-6(5)2-3-7(10)8(9)11/h2-4,12H,1H3. The summed E-state index contributed by atoms with van der Waals surface area (Å²) in [5.41, 5.74) is 2.22. The summed E-state index contributed by atoms with van der Waals surface area (Å²) in [5, 5.41) is 1.93. The van der Waals surface area contributed by atoms with E-state index in [1.807, 2.05) is 12.3 Å². The van der Waals surface area contributed by atoms with Crippen molar-refractivity contribution in [2.75, 3.05) is 0 Å². The lowest BCUT2D eigenvalue weighted by Gasteiger charge is -1.97. The number of H-pyrrole nitrogens is 1. The normalized spacial score (nSPS) is 10.9. The Morgan fingerprint density at radius 3 is 2.92 bits per heavy atom. The van der Waals surface area contributed by atoms with E-state index in [9.17, 15) is 0 Å². The Labute approximate surface area is 83.9 Å². The van der Waals surface area contributed by atoms with Gasteiger partial charge >= 0.3 is 0 Å². The van der Waals surface area contributed by atoms with Crippen molar-refractivity contribution in [1.82, 2.24) is 4.98 Å². The van der Waals surface area contributed by atoms with Crippen LogP contribution in [0.1, 0.15) is 5.56 Å². The third kappa shape index (κ3) is 1.06. The summed E-state index contributed by atoms with van der Waals surface area (Å²) in [7, 11) is 0. The first-order valence-corrected chi connectivity index (χ1v) is 4.79. The van der Waals surface area contributed by atoms with Gasteiger partial charge in [0.05, 0.1) is 10.5 Å². The molecule has 0 aliphatic carbocycles. The number of halogens is 2. The number of rotatable bonds is 0. The van der Waals surface area contributed by atoms with Gasteiger partial charge in [-0.2, -0.15) is 0 Å². The van der Waals surface area contributed by atoms with Crippen LogP contribution in [0.15, 0.2) is 22.8 Å². The summed E-state index contributed by atoms with van der Waals surface area (Å²) in [4.78, 5) is 3.14. The van der Waals surface area contributed by atoms with Crippen molar-refractivity contribution in [3.05, 3.63) is 33.4 Å². The molecule has 1 heterocycles. The van der Waals surface area contributed by atoms with E-state index in [1.54, 1.807) is 0 Å². The van der Waals surface area contributed by atoms with Gasteiger partial charge in [0, 0.05) is 16.1 Å². The molecule has 0 unspecified atom stereocenters. The van der Waals surface area contributed by atoms with E-state index in [4.69, 9.17) is 11.6 Å². The van der Waals surface area contributed by atoms with Crippen LogP contribution in [0.2, 0.25) is 5.02 Å². The first kappa shape index (κ1) is 8.14. The molecule has 0 amide bonds. The van der Waals surface area contributed by atoms with E-state index in [0.717, 1.165) is 15.0 Å². The minimum atomic E-state index is 0.751. The highest BCUT2D eigenvalue weighted by atomic mass is 79.9. The lowest BCUT2D eigenvalue weighted by atomic mass is 10.2. The van der Waals surface area contributed by atoms with Crippen LogP contribution >= 0.6 is 27.5 Å². The monoisotopic (exact) mass is 243 g/mol. The number of nitrogens with one attached hydrogen (secondary N) is 1. The highest BCUT2D eigenvalue weighted by Crippen LogP contribution is 2.31. The molecule has 0 aliphatic rings. The Balaban J connectivity index is 2.93. The van der Waals surface area contributed by atoms with E-state index in [2.05, 4.69) is 33.9 Å². The van der Waals surface area contributed by atoms with Gasteiger partial charge in [0.1, 0.15) is 0 Å². The third-order valence-corrected chi connectivity index (χ3v) is 3.23. The minimum Gasteiger partial charge on any atom is -0.360 e. The van der Waals surface area contributed by atoms with Crippen LogP contribution in [0.4, 0.5) is 0 Å². The molecular formula is C9H7BrClN. The largest absolute Gasteiger partial charge is 0.360 e. The maximum atomic E-state index is 6.06. The number of benzene rings is 1. The second-order valence-corrected chi connectivity index (χ2v) is 3.99. The average Bonchev–Trinajstić information content (AvgIpc) is 2.41. The molecule has 1 aromatic heterocycles. The second kappa shape index (κ2) is 2.79. The summed E-state index contributed by atoms with van der Waals surface area (Å²) >= 11 is 9.43. The fraction of sp³-hybridized carbons (Fsp3) is 0.111. The van der Waals surface area contributed by atoms with Crippen molar-refractivity contribution in [1.29, 1.82) is 0 Å². The van der Waals surface area contributed by atoms with Gasteiger partial charge in [0.2, 0.25) is 0 Å². The molecular weight excluding hydrogens is 237 g/mol. The maximum Gasteiger partial charge on any atom is 0.0789 e. The molecule has 2 aromatic rings.